The second kappa shape index (κ2) is 8.05. The smallest absolute Gasteiger partial charge is 0.407 e. The maximum atomic E-state index is 11.5. The first-order chi connectivity index (χ1) is 8.30. The molecule has 1 aliphatic rings. The average Bonchev–Trinajstić information content (AvgIpc) is 2.20. The van der Waals surface area contributed by atoms with E-state index in [1.807, 2.05) is 20.8 Å². The topological polar surface area (TPSA) is 93.4 Å². The number of carbonyl (C=O) groups excluding carboxylic acids is 2. The van der Waals surface area contributed by atoms with E-state index >= 15 is 0 Å². The third-order valence-corrected chi connectivity index (χ3v) is 2.21. The van der Waals surface area contributed by atoms with Gasteiger partial charge in [0.2, 0.25) is 0 Å². The SMILES string of the molecule is CC(C)(C)NC(=O)OC1CNCCC1N.CC=O. The van der Waals surface area contributed by atoms with Crippen molar-refractivity contribution in [1.29, 1.82) is 0 Å². The predicted octanol–water partition coefficient (Wildman–Crippen LogP) is 0.406. The maximum absolute atomic E-state index is 11.5. The maximum Gasteiger partial charge on any atom is 0.407 e. The quantitative estimate of drug-likeness (QED) is 0.593. The van der Waals surface area contributed by atoms with Crippen LogP contribution in [0.1, 0.15) is 34.1 Å². The van der Waals surface area contributed by atoms with E-state index in [1.54, 1.807) is 0 Å². The van der Waals surface area contributed by atoms with Gasteiger partial charge in [0.05, 0.1) is 0 Å². The molecule has 1 fully saturated rings. The predicted molar refractivity (Wildman–Crippen MR) is 70.4 cm³/mol. The zero-order chi connectivity index (χ0) is 14.2. The molecule has 1 heterocycles. The summed E-state index contributed by atoms with van der Waals surface area (Å²) in [5.41, 5.74) is 5.57. The number of hydrogen-bond acceptors (Lipinski definition) is 5. The molecule has 1 saturated heterocycles. The van der Waals surface area contributed by atoms with Crippen molar-refractivity contribution in [1.82, 2.24) is 10.6 Å². The van der Waals surface area contributed by atoms with E-state index in [0.717, 1.165) is 19.3 Å². The van der Waals surface area contributed by atoms with Gasteiger partial charge in [0.1, 0.15) is 12.4 Å². The number of ether oxygens (including phenoxy) is 1. The molecule has 106 valence electrons. The van der Waals surface area contributed by atoms with Gasteiger partial charge in [0.25, 0.3) is 0 Å². The van der Waals surface area contributed by atoms with Gasteiger partial charge >= 0.3 is 6.09 Å². The van der Waals surface area contributed by atoms with E-state index in [0.29, 0.717) is 6.54 Å². The van der Waals surface area contributed by atoms with E-state index in [9.17, 15) is 4.79 Å². The summed E-state index contributed by atoms with van der Waals surface area (Å²) in [5.74, 6) is 0. The van der Waals surface area contributed by atoms with Crippen LogP contribution in [0.3, 0.4) is 0 Å². The van der Waals surface area contributed by atoms with E-state index in [1.165, 1.54) is 6.92 Å². The van der Waals surface area contributed by atoms with Gasteiger partial charge in [-0.15, -0.1) is 0 Å². The van der Waals surface area contributed by atoms with Crippen molar-refractivity contribution >= 4 is 12.4 Å². The van der Waals surface area contributed by atoms with Crippen molar-refractivity contribution in [2.24, 2.45) is 5.73 Å². The Balaban J connectivity index is 0.000000873. The number of piperidine rings is 1. The molecule has 4 N–H and O–H groups in total. The average molecular weight is 259 g/mol. The van der Waals surface area contributed by atoms with Crippen molar-refractivity contribution < 1.29 is 14.3 Å². The normalized spacial score (nSPS) is 23.4. The number of aldehydes is 1. The molecule has 2 atom stereocenters. The molecular formula is C12H25N3O3. The molecule has 2 unspecified atom stereocenters. The second-order valence-corrected chi connectivity index (χ2v) is 5.21. The third kappa shape index (κ3) is 8.03. The molecule has 0 bridgehead atoms. The van der Waals surface area contributed by atoms with Crippen molar-refractivity contribution in [3.8, 4) is 0 Å². The number of hydrogen-bond donors (Lipinski definition) is 3. The summed E-state index contributed by atoms with van der Waals surface area (Å²) in [6.45, 7) is 8.70. The summed E-state index contributed by atoms with van der Waals surface area (Å²) >= 11 is 0. The molecule has 0 spiro atoms. The minimum atomic E-state index is -0.397. The van der Waals surface area contributed by atoms with Gasteiger partial charge in [-0.05, 0) is 40.7 Å². The second-order valence-electron chi connectivity index (χ2n) is 5.21. The van der Waals surface area contributed by atoms with Crippen LogP contribution in [-0.4, -0.2) is 43.2 Å². The van der Waals surface area contributed by atoms with Crippen LogP contribution in [0.25, 0.3) is 0 Å². The standard InChI is InChI=1S/C10H21N3O2.C2H4O/c1-10(2,3)13-9(14)15-8-6-12-5-4-7(8)11;1-2-3/h7-8,12H,4-6,11H2,1-3H3,(H,13,14);2H,1H3. The van der Waals surface area contributed by atoms with Crippen LogP contribution in [0.15, 0.2) is 0 Å². The van der Waals surface area contributed by atoms with Gasteiger partial charge < -0.3 is 25.9 Å². The molecule has 0 aliphatic carbocycles. The molecule has 0 aromatic carbocycles. The minimum Gasteiger partial charge on any atom is -0.443 e. The molecule has 0 aromatic heterocycles. The van der Waals surface area contributed by atoms with Crippen molar-refractivity contribution in [2.75, 3.05) is 13.1 Å². The largest absolute Gasteiger partial charge is 0.443 e. The van der Waals surface area contributed by atoms with Gasteiger partial charge in [-0.2, -0.15) is 0 Å². The van der Waals surface area contributed by atoms with Gasteiger partial charge in [0, 0.05) is 18.1 Å². The van der Waals surface area contributed by atoms with E-state index in [-0.39, 0.29) is 17.7 Å². The Hall–Kier alpha value is -1.14. The van der Waals surface area contributed by atoms with Gasteiger partial charge in [-0.3, -0.25) is 0 Å². The highest BCUT2D eigenvalue weighted by Gasteiger charge is 2.26. The lowest BCUT2D eigenvalue weighted by molar-refractivity contribution is -0.106. The number of rotatable bonds is 1. The first-order valence-electron chi connectivity index (χ1n) is 6.15. The zero-order valence-corrected chi connectivity index (χ0v) is 11.7. The number of amides is 1. The van der Waals surface area contributed by atoms with E-state index in [4.69, 9.17) is 15.3 Å². The molecule has 0 radical (unpaired) electrons. The Morgan fingerprint density at radius 3 is 2.50 bits per heavy atom. The van der Waals surface area contributed by atoms with Crippen molar-refractivity contribution in [2.45, 2.75) is 51.8 Å². The van der Waals surface area contributed by atoms with Gasteiger partial charge in [0.15, 0.2) is 0 Å². The number of carbonyl (C=O) groups is 2. The first kappa shape index (κ1) is 16.9. The molecule has 1 aliphatic heterocycles. The summed E-state index contributed by atoms with van der Waals surface area (Å²) in [7, 11) is 0. The number of nitrogens with two attached hydrogens (primary N) is 1. The van der Waals surface area contributed by atoms with Crippen LogP contribution in [0.4, 0.5) is 4.79 Å². The minimum absolute atomic E-state index is 0.0584. The molecule has 6 heteroatoms. The highest BCUT2D eigenvalue weighted by molar-refractivity contribution is 5.68. The van der Waals surface area contributed by atoms with Gasteiger partial charge in [-0.25, -0.2) is 4.79 Å². The lowest BCUT2D eigenvalue weighted by Crippen LogP contribution is -2.53. The van der Waals surface area contributed by atoms with Crippen LogP contribution in [0, 0.1) is 0 Å². The summed E-state index contributed by atoms with van der Waals surface area (Å²) in [5, 5.41) is 5.89. The summed E-state index contributed by atoms with van der Waals surface area (Å²) in [6, 6.07) is -0.0584. The number of nitrogens with one attached hydrogen (secondary N) is 2. The lowest BCUT2D eigenvalue weighted by Gasteiger charge is -2.30. The van der Waals surface area contributed by atoms with Crippen LogP contribution in [0.5, 0.6) is 0 Å². The third-order valence-electron chi connectivity index (χ3n) is 2.21. The highest BCUT2D eigenvalue weighted by Crippen LogP contribution is 2.07. The zero-order valence-electron chi connectivity index (χ0n) is 11.7. The summed E-state index contributed by atoms with van der Waals surface area (Å²) in [6.07, 6.45) is 0.973. The van der Waals surface area contributed by atoms with Crippen LogP contribution >= 0.6 is 0 Å². The highest BCUT2D eigenvalue weighted by atomic mass is 16.6. The Bertz CT molecular complexity index is 264. The fraction of sp³-hybridized carbons (Fsp3) is 0.833. The van der Waals surface area contributed by atoms with Crippen molar-refractivity contribution in [3.05, 3.63) is 0 Å². The molecular weight excluding hydrogens is 234 g/mol. The summed E-state index contributed by atoms with van der Waals surface area (Å²) < 4.78 is 5.24. The van der Waals surface area contributed by atoms with Gasteiger partial charge in [-0.1, -0.05) is 0 Å². The molecule has 1 rings (SSSR count). The summed E-state index contributed by atoms with van der Waals surface area (Å²) in [4.78, 5) is 20.3. The lowest BCUT2D eigenvalue weighted by atomic mass is 10.1. The Kier molecular flexibility index (Phi) is 7.54. The van der Waals surface area contributed by atoms with E-state index in [2.05, 4.69) is 10.6 Å². The van der Waals surface area contributed by atoms with E-state index < -0.39 is 6.09 Å². The monoisotopic (exact) mass is 259 g/mol. The fourth-order valence-electron chi connectivity index (χ4n) is 1.45. The van der Waals surface area contributed by atoms with Crippen LogP contribution < -0.4 is 16.4 Å². The van der Waals surface area contributed by atoms with Crippen LogP contribution in [0.2, 0.25) is 0 Å². The Morgan fingerprint density at radius 1 is 1.50 bits per heavy atom. The Morgan fingerprint density at radius 2 is 2.06 bits per heavy atom. The molecule has 1 amide bonds. The fourth-order valence-corrected chi connectivity index (χ4v) is 1.45. The number of alkyl carbamates (subject to hydrolysis) is 1. The molecule has 0 saturated carbocycles. The molecule has 6 nitrogen and oxygen atoms in total. The van der Waals surface area contributed by atoms with Crippen molar-refractivity contribution in [3.63, 3.8) is 0 Å². The Labute approximate surface area is 109 Å². The molecule has 18 heavy (non-hydrogen) atoms. The van der Waals surface area contributed by atoms with Crippen LogP contribution in [-0.2, 0) is 9.53 Å². The molecule has 0 aromatic rings. The first-order valence-corrected chi connectivity index (χ1v) is 6.15.